The van der Waals surface area contributed by atoms with E-state index in [-0.39, 0.29) is 30.3 Å². The van der Waals surface area contributed by atoms with Crippen molar-refractivity contribution in [3.05, 3.63) is 59.5 Å². The third-order valence-corrected chi connectivity index (χ3v) is 6.52. The van der Waals surface area contributed by atoms with E-state index in [0.717, 1.165) is 12.0 Å². The van der Waals surface area contributed by atoms with Crippen molar-refractivity contribution in [1.82, 2.24) is 15.1 Å². The second kappa shape index (κ2) is 8.57. The zero-order valence-electron chi connectivity index (χ0n) is 18.1. The number of carbonyl (C=O) groups is 3. The van der Waals surface area contributed by atoms with Crippen molar-refractivity contribution >= 4 is 17.8 Å². The predicted octanol–water partition coefficient (Wildman–Crippen LogP) is 3.73. The molecule has 0 radical (unpaired) electrons. The fraction of sp³-hybridized carbons (Fsp3) is 0.458. The average molecular weight is 424 g/mol. The molecular formula is C24H29N3O4. The smallest absolute Gasteiger partial charge is 0.325 e. The quantitative estimate of drug-likeness (QED) is 0.718. The maximum Gasteiger partial charge on any atom is 0.325 e. The summed E-state index contributed by atoms with van der Waals surface area (Å²) in [7, 11) is 0. The van der Waals surface area contributed by atoms with E-state index in [4.69, 9.17) is 4.42 Å². The van der Waals surface area contributed by atoms with Gasteiger partial charge in [0.15, 0.2) is 0 Å². The van der Waals surface area contributed by atoms with Gasteiger partial charge in [-0.1, -0.05) is 31.0 Å². The molecule has 0 spiro atoms. The van der Waals surface area contributed by atoms with E-state index in [9.17, 15) is 14.4 Å². The molecule has 0 aliphatic carbocycles. The van der Waals surface area contributed by atoms with Crippen LogP contribution in [0.25, 0.3) is 0 Å². The second-order valence-electron chi connectivity index (χ2n) is 8.55. The summed E-state index contributed by atoms with van der Waals surface area (Å²) < 4.78 is 5.34. The Labute approximate surface area is 182 Å². The Morgan fingerprint density at radius 3 is 2.48 bits per heavy atom. The largest absolute Gasteiger partial charge is 0.467 e. The first kappa shape index (κ1) is 21.2. The molecule has 0 bridgehead atoms. The van der Waals surface area contributed by atoms with Crippen molar-refractivity contribution in [1.29, 1.82) is 0 Å². The number of nitrogens with one attached hydrogen (secondary N) is 1. The molecule has 164 valence electrons. The predicted molar refractivity (Wildman–Crippen MR) is 115 cm³/mol. The van der Waals surface area contributed by atoms with Crippen LogP contribution in [0.4, 0.5) is 4.79 Å². The van der Waals surface area contributed by atoms with Gasteiger partial charge in [0.1, 0.15) is 11.3 Å². The van der Waals surface area contributed by atoms with Gasteiger partial charge in [0.05, 0.1) is 12.8 Å². The SMILES string of the molecule is CCC[C@]1(C2CCN(C(=O)c3ccc(C)cc3)CC2)NC(=O)N(Cc2ccco2)C1=O. The van der Waals surface area contributed by atoms with E-state index in [1.54, 1.807) is 12.1 Å². The number of furan rings is 1. The molecule has 2 saturated heterocycles. The Morgan fingerprint density at radius 1 is 1.16 bits per heavy atom. The third-order valence-electron chi connectivity index (χ3n) is 6.52. The number of imide groups is 1. The Balaban J connectivity index is 1.47. The summed E-state index contributed by atoms with van der Waals surface area (Å²) >= 11 is 0. The lowest BCUT2D eigenvalue weighted by atomic mass is 9.74. The average Bonchev–Trinajstić information content (AvgIpc) is 3.37. The summed E-state index contributed by atoms with van der Waals surface area (Å²) in [5, 5.41) is 3.02. The molecule has 3 heterocycles. The van der Waals surface area contributed by atoms with E-state index >= 15 is 0 Å². The van der Waals surface area contributed by atoms with E-state index in [0.29, 0.717) is 43.7 Å². The number of benzene rings is 1. The molecule has 7 nitrogen and oxygen atoms in total. The molecule has 31 heavy (non-hydrogen) atoms. The second-order valence-corrected chi connectivity index (χ2v) is 8.55. The lowest BCUT2D eigenvalue weighted by Crippen LogP contribution is -2.56. The normalized spacial score (nSPS) is 22.1. The monoisotopic (exact) mass is 423 g/mol. The zero-order valence-corrected chi connectivity index (χ0v) is 18.1. The zero-order chi connectivity index (χ0) is 22.0. The van der Waals surface area contributed by atoms with Crippen LogP contribution < -0.4 is 5.32 Å². The molecule has 0 saturated carbocycles. The van der Waals surface area contributed by atoms with E-state index in [1.807, 2.05) is 43.0 Å². The van der Waals surface area contributed by atoms with Gasteiger partial charge in [-0.15, -0.1) is 0 Å². The summed E-state index contributed by atoms with van der Waals surface area (Å²) in [4.78, 5) is 42.1. The number of hydrogen-bond donors (Lipinski definition) is 1. The highest BCUT2D eigenvalue weighted by molar-refractivity contribution is 6.07. The first-order chi connectivity index (χ1) is 14.9. The number of carbonyl (C=O) groups excluding carboxylic acids is 3. The molecule has 1 aromatic carbocycles. The van der Waals surface area contributed by atoms with Gasteiger partial charge in [0.2, 0.25) is 0 Å². The van der Waals surface area contributed by atoms with Gasteiger partial charge in [-0.05, 0) is 56.4 Å². The number of likely N-dealkylation sites (tertiary alicyclic amines) is 1. The van der Waals surface area contributed by atoms with Crippen molar-refractivity contribution in [2.45, 2.75) is 51.6 Å². The van der Waals surface area contributed by atoms with Crippen LogP contribution >= 0.6 is 0 Å². The van der Waals surface area contributed by atoms with Crippen LogP contribution in [0.5, 0.6) is 0 Å². The van der Waals surface area contributed by atoms with Crippen LogP contribution in [0, 0.1) is 12.8 Å². The highest BCUT2D eigenvalue weighted by Crippen LogP contribution is 2.37. The Hall–Kier alpha value is -3.09. The Morgan fingerprint density at radius 2 is 1.87 bits per heavy atom. The van der Waals surface area contributed by atoms with Gasteiger partial charge < -0.3 is 14.6 Å². The first-order valence-corrected chi connectivity index (χ1v) is 11.0. The topological polar surface area (TPSA) is 82.9 Å². The van der Waals surface area contributed by atoms with Crippen LogP contribution in [-0.2, 0) is 11.3 Å². The minimum Gasteiger partial charge on any atom is -0.467 e. The molecule has 1 N–H and O–H groups in total. The highest BCUT2D eigenvalue weighted by Gasteiger charge is 2.55. The summed E-state index contributed by atoms with van der Waals surface area (Å²) in [6.07, 6.45) is 4.26. The molecule has 1 aromatic heterocycles. The molecule has 2 aliphatic rings. The van der Waals surface area contributed by atoms with Crippen molar-refractivity contribution < 1.29 is 18.8 Å². The number of hydrogen-bond acceptors (Lipinski definition) is 4. The maximum absolute atomic E-state index is 13.4. The molecule has 1 atom stereocenters. The number of piperidine rings is 1. The first-order valence-electron chi connectivity index (χ1n) is 11.0. The van der Waals surface area contributed by atoms with Gasteiger partial charge in [0.25, 0.3) is 11.8 Å². The summed E-state index contributed by atoms with van der Waals surface area (Å²) in [5.74, 6) is 0.408. The van der Waals surface area contributed by atoms with Crippen LogP contribution in [-0.4, -0.2) is 46.3 Å². The lowest BCUT2D eigenvalue weighted by molar-refractivity contribution is -0.134. The maximum atomic E-state index is 13.4. The number of urea groups is 1. The summed E-state index contributed by atoms with van der Waals surface area (Å²) in [5.41, 5.74) is 0.894. The molecule has 2 aliphatic heterocycles. The van der Waals surface area contributed by atoms with Gasteiger partial charge in [0, 0.05) is 18.7 Å². The van der Waals surface area contributed by atoms with Crippen molar-refractivity contribution in [2.24, 2.45) is 5.92 Å². The lowest BCUT2D eigenvalue weighted by Gasteiger charge is -2.41. The number of rotatable bonds is 6. The molecule has 2 fully saturated rings. The molecule has 2 aromatic rings. The summed E-state index contributed by atoms with van der Waals surface area (Å²) in [6, 6.07) is 10.7. The van der Waals surface area contributed by atoms with Crippen LogP contribution in [0.2, 0.25) is 0 Å². The van der Waals surface area contributed by atoms with Gasteiger partial charge in [-0.25, -0.2) is 4.79 Å². The standard InChI is InChI=1S/C24H29N3O4/c1-3-12-24(22(29)27(23(30)25-24)16-20-5-4-15-31-20)19-10-13-26(14-11-19)21(28)18-8-6-17(2)7-9-18/h4-9,15,19H,3,10-14,16H2,1-2H3,(H,25,30)/t24-/m1/s1. The molecule has 4 amide bonds. The van der Waals surface area contributed by atoms with Gasteiger partial charge in [-0.2, -0.15) is 0 Å². The van der Waals surface area contributed by atoms with E-state index in [2.05, 4.69) is 5.32 Å². The van der Waals surface area contributed by atoms with Crippen LogP contribution in [0.15, 0.2) is 47.1 Å². The fourth-order valence-electron chi connectivity index (χ4n) is 4.85. The third kappa shape index (κ3) is 3.96. The minimum atomic E-state index is -0.905. The Kier molecular flexibility index (Phi) is 5.85. The minimum absolute atomic E-state index is 0.00688. The fourth-order valence-corrected chi connectivity index (χ4v) is 4.85. The molecule has 0 unspecified atom stereocenters. The Bertz CT molecular complexity index is 946. The van der Waals surface area contributed by atoms with Crippen LogP contribution in [0.3, 0.4) is 0 Å². The van der Waals surface area contributed by atoms with Crippen LogP contribution in [0.1, 0.15) is 54.3 Å². The number of aryl methyl sites for hydroxylation is 1. The summed E-state index contributed by atoms with van der Waals surface area (Å²) in [6.45, 7) is 5.30. The van der Waals surface area contributed by atoms with E-state index in [1.165, 1.54) is 11.2 Å². The van der Waals surface area contributed by atoms with Gasteiger partial charge in [-0.3, -0.25) is 14.5 Å². The van der Waals surface area contributed by atoms with Crippen molar-refractivity contribution in [3.63, 3.8) is 0 Å². The molecular weight excluding hydrogens is 394 g/mol. The highest BCUT2D eigenvalue weighted by atomic mass is 16.3. The molecule has 7 heteroatoms. The number of amides is 4. The van der Waals surface area contributed by atoms with Crippen molar-refractivity contribution in [3.8, 4) is 0 Å². The molecule has 4 rings (SSSR count). The van der Waals surface area contributed by atoms with Gasteiger partial charge >= 0.3 is 6.03 Å². The number of nitrogens with zero attached hydrogens (tertiary/aromatic N) is 2. The van der Waals surface area contributed by atoms with Crippen molar-refractivity contribution in [2.75, 3.05) is 13.1 Å². The van der Waals surface area contributed by atoms with E-state index < -0.39 is 5.54 Å².